The van der Waals surface area contributed by atoms with Crippen molar-refractivity contribution in [3.05, 3.63) is 208 Å². The number of aromatic nitrogens is 3. The number of ether oxygens (including phenoxy) is 1. The molecule has 10 aromatic rings. The van der Waals surface area contributed by atoms with E-state index in [1.54, 1.807) is 6.07 Å². The summed E-state index contributed by atoms with van der Waals surface area (Å²) in [4.78, 5) is 10.1. The Morgan fingerprint density at radius 1 is 0.549 bits per heavy atom. The minimum atomic E-state index is -2.64. The quantitative estimate of drug-likeness (QED) is 0.156. The summed E-state index contributed by atoms with van der Waals surface area (Å²) in [6, 6.07) is 50.4. The Morgan fingerprint density at radius 2 is 1.15 bits per heavy atom. The Labute approximate surface area is 438 Å². The first-order chi connectivity index (χ1) is 37.6. The molecule has 0 radical (unpaired) electrons. The van der Waals surface area contributed by atoms with E-state index < -0.39 is 37.1 Å². The van der Waals surface area contributed by atoms with E-state index in [1.807, 2.05) is 59.2 Å². The van der Waals surface area contributed by atoms with Crippen molar-refractivity contribution in [3.8, 4) is 67.5 Å². The monoisotopic (exact) mass is 1110 g/mol. The molecule has 0 spiro atoms. The Kier molecular flexibility index (Phi) is 8.04. The molecule has 0 saturated heterocycles. The number of para-hydroxylation sites is 5. The van der Waals surface area contributed by atoms with Crippen LogP contribution in [0, 0.1) is 10.7 Å². The molecule has 2 aromatic heterocycles. The van der Waals surface area contributed by atoms with E-state index in [-0.39, 0.29) is 34.5 Å². The van der Waals surface area contributed by atoms with E-state index in [2.05, 4.69) is 166 Å². The van der Waals surface area contributed by atoms with Gasteiger partial charge in [-0.05, 0) is 17.7 Å². The van der Waals surface area contributed by atoms with Crippen LogP contribution in [-0.2, 0) is 30.2 Å². The number of hydrogen-bond donors (Lipinski definition) is 0. The maximum absolute atomic E-state index is 9.38. The van der Waals surface area contributed by atoms with Crippen LogP contribution < -0.4 is 19.8 Å². The number of fused-ring (bicyclic) bond motifs is 10. The summed E-state index contributed by atoms with van der Waals surface area (Å²) in [6.45, 7) is 10.1. The molecule has 3 aliphatic heterocycles. The molecule has 0 fully saturated rings. The average Bonchev–Trinajstić information content (AvgIpc) is 2.92. The van der Waals surface area contributed by atoms with Gasteiger partial charge in [0.2, 0.25) is 0 Å². The van der Waals surface area contributed by atoms with Gasteiger partial charge in [0.05, 0.1) is 0 Å². The van der Waals surface area contributed by atoms with Gasteiger partial charge in [0, 0.05) is 11.3 Å². The van der Waals surface area contributed by atoms with Gasteiger partial charge in [-0.2, -0.15) is 0 Å². The van der Waals surface area contributed by atoms with Crippen molar-refractivity contribution in [1.29, 1.82) is 0 Å². The Bertz CT molecular complexity index is 4270. The van der Waals surface area contributed by atoms with Crippen LogP contribution >= 0.6 is 0 Å². The van der Waals surface area contributed by atoms with E-state index in [1.165, 1.54) is 22.7 Å². The number of pyridine rings is 1. The number of nitrogens with zero attached hydrogens (tertiary/aromatic N) is 5. The molecule has 6 nitrogen and oxygen atoms in total. The second-order valence-corrected chi connectivity index (χ2v) is 21.6. The van der Waals surface area contributed by atoms with Gasteiger partial charge in [-0.15, -0.1) is 0 Å². The molecular formula is C63H52BN5OPt. The first-order valence-electron chi connectivity index (χ1n) is 27.9. The molecule has 348 valence electrons. The predicted molar refractivity (Wildman–Crippen MR) is 290 cm³/mol. The molecule has 0 amide bonds. The molecule has 0 N–H and O–H groups in total. The van der Waals surface area contributed by atoms with Crippen LogP contribution in [0.1, 0.15) is 69.2 Å². The summed E-state index contributed by atoms with van der Waals surface area (Å²) in [5.41, 5.74) is 14.5. The molecular weight excluding hydrogens is 1050 g/mol. The Balaban J connectivity index is 1.00. The van der Waals surface area contributed by atoms with Crippen molar-refractivity contribution >= 4 is 46.4 Å². The van der Waals surface area contributed by atoms with Crippen molar-refractivity contribution in [2.45, 2.75) is 59.2 Å². The second-order valence-electron chi connectivity index (χ2n) is 20.6. The van der Waals surface area contributed by atoms with E-state index in [4.69, 9.17) is 17.9 Å². The van der Waals surface area contributed by atoms with Crippen LogP contribution in [0.4, 0.5) is 22.9 Å². The molecule has 0 unspecified atom stereocenters. The number of rotatable bonds is 6. The Hall–Kier alpha value is -7.47. The van der Waals surface area contributed by atoms with E-state index in [0.29, 0.717) is 26.7 Å². The van der Waals surface area contributed by atoms with E-state index in [0.717, 1.165) is 67.4 Å². The van der Waals surface area contributed by atoms with Crippen molar-refractivity contribution in [1.82, 2.24) is 14.1 Å². The maximum atomic E-state index is 9.38. The molecule has 3 aliphatic rings. The van der Waals surface area contributed by atoms with Gasteiger partial charge in [0.25, 0.3) is 0 Å². The molecule has 8 aromatic carbocycles. The third-order valence-corrected chi connectivity index (χ3v) is 15.2. The van der Waals surface area contributed by atoms with Crippen molar-refractivity contribution in [2.75, 3.05) is 9.62 Å². The van der Waals surface area contributed by atoms with Crippen LogP contribution in [-0.4, -0.2) is 21.1 Å². The molecule has 5 heterocycles. The summed E-state index contributed by atoms with van der Waals surface area (Å²) in [7, 11) is 0. The van der Waals surface area contributed by atoms with Gasteiger partial charge in [-0.1, -0.05) is 42.5 Å². The summed E-state index contributed by atoms with van der Waals surface area (Å²) in [6.07, 6.45) is 0. The van der Waals surface area contributed by atoms with Crippen LogP contribution in [0.15, 0.2) is 188 Å². The van der Waals surface area contributed by atoms with Crippen molar-refractivity contribution in [3.63, 3.8) is 0 Å². The normalized spacial score (nSPS) is 15.1. The topological polar surface area (TPSA) is 38.5 Å². The third kappa shape index (κ3) is 6.88. The summed E-state index contributed by atoms with van der Waals surface area (Å²) < 4.78 is 83.2. The predicted octanol–water partition coefficient (Wildman–Crippen LogP) is 15.6. The number of benzene rings is 8. The molecule has 13 rings (SSSR count). The van der Waals surface area contributed by atoms with Gasteiger partial charge in [-0.25, -0.2) is 0 Å². The minimum absolute atomic E-state index is 0.0315. The van der Waals surface area contributed by atoms with Gasteiger partial charge in [-0.3, -0.25) is 0 Å². The molecule has 0 saturated carbocycles. The van der Waals surface area contributed by atoms with Crippen molar-refractivity contribution in [2.24, 2.45) is 0 Å². The standard InChI is InChI=1S/C63H52BN5O.Pt/c1-40-33-51(41-19-9-8-10-20-41)60(52(34-40)42-35-43(62(2,3)4)37-44(36-42)63(5,6)7)67-39-66(54-27-13-14-28-55(54)67)45-21-17-22-46(38-45)70-58-32-31-50-49-25-18-24-48-47-23-11-12-26-53(47)68-56-29-15-16-30-57(56)69(61(50)65-58)64(68)59(48)49;/h8-38H,1-7H3;/i1D3,8D,9D,10D,19D,20D;. The zero-order valence-corrected chi connectivity index (χ0v) is 42.3. The summed E-state index contributed by atoms with van der Waals surface area (Å²) in [5.74, 6) is 1.75. The van der Waals surface area contributed by atoms with Gasteiger partial charge < -0.3 is 0 Å². The van der Waals surface area contributed by atoms with Crippen molar-refractivity contribution < 1.29 is 35.1 Å². The molecule has 0 atom stereocenters. The first kappa shape index (κ1) is 35.6. The summed E-state index contributed by atoms with van der Waals surface area (Å²) in [5, 5.41) is 0. The fourth-order valence-electron chi connectivity index (χ4n) is 10.8. The molecule has 8 heteroatoms. The third-order valence-electron chi connectivity index (χ3n) is 14.2. The van der Waals surface area contributed by atoms with E-state index >= 15 is 0 Å². The zero-order chi connectivity index (χ0) is 55.4. The number of anilines is 4. The van der Waals surface area contributed by atoms with Crippen LogP contribution in [0.25, 0.3) is 66.9 Å². The molecule has 71 heavy (non-hydrogen) atoms. The SMILES string of the molecule is [2H]c1c([2H])c([2H])c(-c2cc(C([2H])([2H])[2H])cc(-c3cc(C(C)(C)C)cc(C(C)(C)C)c3)c2-n2[c](=[Pt])n(-c3cccc(Oc4ccc5c(n4)N4B6c7c(cccc7-5)-c5ccccc5N6c5ccccc54)c3)c3ccccc32)c([2H])c1[2H]. The van der Waals surface area contributed by atoms with Crippen LogP contribution in [0.3, 0.4) is 0 Å². The number of aryl methyl sites for hydroxylation is 1. The first-order valence-corrected chi connectivity index (χ1v) is 25.0. The van der Waals surface area contributed by atoms with Gasteiger partial charge in [0.1, 0.15) is 0 Å². The fourth-order valence-corrected chi connectivity index (χ4v) is 11.9. The van der Waals surface area contributed by atoms with E-state index in [9.17, 15) is 2.74 Å². The van der Waals surface area contributed by atoms with Crippen LogP contribution in [0.2, 0.25) is 0 Å². The Morgan fingerprint density at radius 3 is 1.86 bits per heavy atom. The molecule has 0 bridgehead atoms. The fraction of sp³-hybridized carbons (Fsp3) is 0.143. The number of hydrogen-bond acceptors (Lipinski definition) is 4. The zero-order valence-electron chi connectivity index (χ0n) is 48.0. The average molecular weight is 1110 g/mol. The van der Waals surface area contributed by atoms with Gasteiger partial charge >= 0.3 is 369 Å². The summed E-state index contributed by atoms with van der Waals surface area (Å²) >= 11 is 2.29. The van der Waals surface area contributed by atoms with Crippen LogP contribution in [0.5, 0.6) is 11.6 Å². The second kappa shape index (κ2) is 16.0. The van der Waals surface area contributed by atoms with Gasteiger partial charge in [0.15, 0.2) is 0 Å². The molecule has 0 aliphatic carbocycles. The number of imidazole rings is 1.